The number of sulfonamides is 1. The van der Waals surface area contributed by atoms with Crippen molar-refractivity contribution in [2.45, 2.75) is 37.9 Å². The van der Waals surface area contributed by atoms with E-state index in [0.717, 1.165) is 6.42 Å². The summed E-state index contributed by atoms with van der Waals surface area (Å²) in [5, 5.41) is 2.25. The number of carbonyl (C=O) groups excluding carboxylic acids is 1. The number of benzene rings is 1. The topological polar surface area (TPSA) is 129 Å². The SMILES string of the molecule is CCC(C)OCc1ccccc1S(=O)(=O)NC(=O)Nc1nc(OC)cc(OC)n1. The van der Waals surface area contributed by atoms with E-state index in [-0.39, 0.29) is 35.3 Å². The predicted molar refractivity (Wildman–Crippen MR) is 105 cm³/mol. The molecule has 0 aliphatic heterocycles. The standard InChI is InChI=1S/C18H24N4O6S/c1-5-12(2)28-11-13-8-6-7-9-14(13)29(24,25)22-18(23)21-17-19-15(26-3)10-16(20-17)27-4/h6-10,12H,5,11H2,1-4H3,(H2,19,20,21,22,23). The molecule has 0 fully saturated rings. The Hall–Kier alpha value is -2.92. The number of methoxy groups -OCH3 is 2. The molecule has 10 nitrogen and oxygen atoms in total. The molecular weight excluding hydrogens is 400 g/mol. The molecule has 0 aliphatic rings. The number of nitrogens with one attached hydrogen (secondary N) is 2. The van der Waals surface area contributed by atoms with Gasteiger partial charge in [0.15, 0.2) is 0 Å². The third kappa shape index (κ3) is 6.29. The highest BCUT2D eigenvalue weighted by Gasteiger charge is 2.22. The van der Waals surface area contributed by atoms with Crippen LogP contribution in [0.25, 0.3) is 0 Å². The first-order chi connectivity index (χ1) is 13.8. The van der Waals surface area contributed by atoms with Crippen molar-refractivity contribution in [2.75, 3.05) is 19.5 Å². The number of aromatic nitrogens is 2. The van der Waals surface area contributed by atoms with Gasteiger partial charge in [0, 0.05) is 0 Å². The Morgan fingerprint density at radius 2 is 1.76 bits per heavy atom. The van der Waals surface area contributed by atoms with E-state index in [1.54, 1.807) is 18.2 Å². The molecule has 1 atom stereocenters. The van der Waals surface area contributed by atoms with Crippen molar-refractivity contribution in [1.82, 2.24) is 14.7 Å². The first-order valence-electron chi connectivity index (χ1n) is 8.79. The molecule has 2 rings (SSSR count). The van der Waals surface area contributed by atoms with Crippen LogP contribution in [-0.2, 0) is 21.4 Å². The zero-order valence-corrected chi connectivity index (χ0v) is 17.4. The number of ether oxygens (including phenoxy) is 3. The fourth-order valence-electron chi connectivity index (χ4n) is 2.21. The van der Waals surface area contributed by atoms with Crippen LogP contribution in [0.4, 0.5) is 10.7 Å². The summed E-state index contributed by atoms with van der Waals surface area (Å²) >= 11 is 0. The lowest BCUT2D eigenvalue weighted by atomic mass is 10.2. The third-order valence-electron chi connectivity index (χ3n) is 3.91. The molecule has 1 heterocycles. The van der Waals surface area contributed by atoms with Crippen LogP contribution in [0.2, 0.25) is 0 Å². The summed E-state index contributed by atoms with van der Waals surface area (Å²) in [5.41, 5.74) is 0.437. The normalized spacial score (nSPS) is 12.1. The maximum Gasteiger partial charge on any atom is 0.335 e. The second-order valence-electron chi connectivity index (χ2n) is 5.97. The van der Waals surface area contributed by atoms with Crippen molar-refractivity contribution in [2.24, 2.45) is 0 Å². The van der Waals surface area contributed by atoms with Crippen LogP contribution < -0.4 is 19.5 Å². The highest BCUT2D eigenvalue weighted by atomic mass is 32.2. The van der Waals surface area contributed by atoms with Crippen LogP contribution in [0.1, 0.15) is 25.8 Å². The maximum absolute atomic E-state index is 12.7. The van der Waals surface area contributed by atoms with E-state index >= 15 is 0 Å². The van der Waals surface area contributed by atoms with Crippen LogP contribution in [-0.4, -0.2) is 44.7 Å². The van der Waals surface area contributed by atoms with Crippen molar-refractivity contribution in [1.29, 1.82) is 0 Å². The zero-order valence-electron chi connectivity index (χ0n) is 16.6. The van der Waals surface area contributed by atoms with Crippen molar-refractivity contribution >= 4 is 22.0 Å². The molecule has 1 aromatic carbocycles. The minimum absolute atomic E-state index is 0.0257. The number of carbonyl (C=O) groups is 1. The monoisotopic (exact) mass is 424 g/mol. The number of anilines is 1. The number of hydrogen-bond acceptors (Lipinski definition) is 8. The van der Waals surface area contributed by atoms with Gasteiger partial charge in [-0.3, -0.25) is 5.32 Å². The minimum atomic E-state index is -4.16. The molecule has 0 saturated carbocycles. The van der Waals surface area contributed by atoms with E-state index < -0.39 is 16.1 Å². The molecule has 0 aliphatic carbocycles. The number of hydrogen-bond donors (Lipinski definition) is 2. The molecule has 158 valence electrons. The summed E-state index contributed by atoms with van der Waals surface area (Å²) in [6.45, 7) is 3.96. The first kappa shape index (κ1) is 22.4. The zero-order chi connectivity index (χ0) is 21.4. The molecule has 0 radical (unpaired) electrons. The Kier molecular flexibility index (Phi) is 7.74. The van der Waals surface area contributed by atoms with E-state index in [4.69, 9.17) is 14.2 Å². The summed E-state index contributed by atoms with van der Waals surface area (Å²) in [6.07, 6.45) is 0.766. The van der Waals surface area contributed by atoms with Gasteiger partial charge >= 0.3 is 6.03 Å². The Bertz CT molecular complexity index is 929. The van der Waals surface area contributed by atoms with Gasteiger partial charge in [-0.2, -0.15) is 9.97 Å². The van der Waals surface area contributed by atoms with E-state index in [1.807, 2.05) is 18.6 Å². The highest BCUT2D eigenvalue weighted by Crippen LogP contribution is 2.19. The Labute approximate surface area is 169 Å². The van der Waals surface area contributed by atoms with E-state index in [2.05, 4.69) is 15.3 Å². The van der Waals surface area contributed by atoms with Gasteiger partial charge in [-0.15, -0.1) is 0 Å². The van der Waals surface area contributed by atoms with Crippen LogP contribution in [0.15, 0.2) is 35.2 Å². The quantitative estimate of drug-likeness (QED) is 0.627. The fourth-order valence-corrected chi connectivity index (χ4v) is 3.34. The van der Waals surface area contributed by atoms with Crippen LogP contribution in [0.5, 0.6) is 11.8 Å². The lowest BCUT2D eigenvalue weighted by molar-refractivity contribution is 0.0496. The molecule has 0 spiro atoms. The van der Waals surface area contributed by atoms with Gasteiger partial charge in [0.2, 0.25) is 17.7 Å². The van der Waals surface area contributed by atoms with Gasteiger partial charge in [0.25, 0.3) is 10.0 Å². The predicted octanol–water partition coefficient (Wildman–Crippen LogP) is 2.32. The summed E-state index contributed by atoms with van der Waals surface area (Å²) in [7, 11) is -1.39. The van der Waals surface area contributed by atoms with Crippen molar-refractivity contribution in [3.8, 4) is 11.8 Å². The van der Waals surface area contributed by atoms with Crippen molar-refractivity contribution < 1.29 is 27.4 Å². The molecule has 1 unspecified atom stereocenters. The van der Waals surface area contributed by atoms with Gasteiger partial charge in [-0.1, -0.05) is 25.1 Å². The van der Waals surface area contributed by atoms with E-state index in [9.17, 15) is 13.2 Å². The maximum atomic E-state index is 12.7. The van der Waals surface area contributed by atoms with E-state index in [1.165, 1.54) is 26.4 Å². The molecule has 1 aromatic heterocycles. The Morgan fingerprint density at radius 3 is 2.34 bits per heavy atom. The second kappa shape index (κ2) is 10.0. The minimum Gasteiger partial charge on any atom is -0.481 e. The first-order valence-corrected chi connectivity index (χ1v) is 10.3. The average molecular weight is 424 g/mol. The van der Waals surface area contributed by atoms with Crippen molar-refractivity contribution in [3.05, 3.63) is 35.9 Å². The average Bonchev–Trinajstić information content (AvgIpc) is 2.71. The Morgan fingerprint density at radius 1 is 1.14 bits per heavy atom. The van der Waals surface area contributed by atoms with Crippen LogP contribution in [0.3, 0.4) is 0 Å². The molecule has 29 heavy (non-hydrogen) atoms. The largest absolute Gasteiger partial charge is 0.481 e. The number of rotatable bonds is 9. The summed E-state index contributed by atoms with van der Waals surface area (Å²) < 4.78 is 42.9. The van der Waals surface area contributed by atoms with Gasteiger partial charge < -0.3 is 14.2 Å². The summed E-state index contributed by atoms with van der Waals surface area (Å²) in [5.74, 6) is 0.104. The molecule has 0 bridgehead atoms. The van der Waals surface area contributed by atoms with Gasteiger partial charge in [0.05, 0.1) is 37.9 Å². The van der Waals surface area contributed by atoms with Crippen molar-refractivity contribution in [3.63, 3.8) is 0 Å². The summed E-state index contributed by atoms with van der Waals surface area (Å²) in [6, 6.07) is 6.67. The smallest absolute Gasteiger partial charge is 0.335 e. The molecule has 2 aromatic rings. The Balaban J connectivity index is 2.16. The lowest BCUT2D eigenvalue weighted by Gasteiger charge is -2.14. The molecule has 2 amide bonds. The number of amides is 2. The molecular formula is C18H24N4O6S. The van der Waals surface area contributed by atoms with Gasteiger partial charge in [-0.25, -0.2) is 17.9 Å². The van der Waals surface area contributed by atoms with Gasteiger partial charge in [-0.05, 0) is 25.0 Å². The molecule has 11 heteroatoms. The number of urea groups is 1. The van der Waals surface area contributed by atoms with E-state index in [0.29, 0.717) is 5.56 Å². The summed E-state index contributed by atoms with van der Waals surface area (Å²) in [4.78, 5) is 20.0. The highest BCUT2D eigenvalue weighted by molar-refractivity contribution is 7.90. The second-order valence-corrected chi connectivity index (χ2v) is 7.62. The molecule has 2 N–H and O–H groups in total. The number of nitrogens with zero attached hydrogens (tertiary/aromatic N) is 2. The third-order valence-corrected chi connectivity index (χ3v) is 5.34. The van der Waals surface area contributed by atoms with Gasteiger partial charge in [0.1, 0.15) is 0 Å². The van der Waals surface area contributed by atoms with Crippen LogP contribution in [0, 0.1) is 0 Å². The van der Waals surface area contributed by atoms with Crippen LogP contribution >= 0.6 is 0 Å². The fraction of sp³-hybridized carbons (Fsp3) is 0.389. The lowest BCUT2D eigenvalue weighted by Crippen LogP contribution is -2.35. The molecule has 0 saturated heterocycles.